The summed E-state index contributed by atoms with van der Waals surface area (Å²) in [5.74, 6) is 0.887. The lowest BCUT2D eigenvalue weighted by Crippen LogP contribution is -2.41. The van der Waals surface area contributed by atoms with Crippen molar-refractivity contribution < 1.29 is 9.22 Å². The van der Waals surface area contributed by atoms with Crippen molar-refractivity contribution in [2.75, 3.05) is 14.1 Å². The van der Waals surface area contributed by atoms with Crippen LogP contribution in [0.3, 0.4) is 0 Å². The Hall–Kier alpha value is -1.25. The van der Waals surface area contributed by atoms with Gasteiger partial charge in [0.05, 0.1) is 14.1 Å². The first-order valence-corrected chi connectivity index (χ1v) is 7.06. The van der Waals surface area contributed by atoms with Gasteiger partial charge in [0, 0.05) is 0 Å². The van der Waals surface area contributed by atoms with E-state index in [0.717, 1.165) is 12.2 Å². The van der Waals surface area contributed by atoms with Crippen LogP contribution in [0, 0.1) is 0 Å². The molecule has 0 spiro atoms. The van der Waals surface area contributed by atoms with Crippen LogP contribution in [-0.4, -0.2) is 24.1 Å². The standard InChI is InChI=1S/C16H21ClNO/c1-4-15(13-8-6-5-7-9-13)19-14-10-11-16(17)18(2,3)12-14/h5-12,15-16H,4H2,1-3H3/q+1. The number of hydrogen-bond acceptors (Lipinski definition) is 1. The zero-order valence-corrected chi connectivity index (χ0v) is 12.5. The van der Waals surface area contributed by atoms with E-state index < -0.39 is 0 Å². The average Bonchev–Trinajstić information content (AvgIpc) is 2.41. The fourth-order valence-electron chi connectivity index (χ4n) is 2.13. The molecule has 2 unspecified atom stereocenters. The molecule has 1 aromatic rings. The van der Waals surface area contributed by atoms with E-state index in [1.807, 2.05) is 30.4 Å². The molecule has 1 aromatic carbocycles. The van der Waals surface area contributed by atoms with Gasteiger partial charge >= 0.3 is 0 Å². The van der Waals surface area contributed by atoms with Gasteiger partial charge in [-0.25, -0.2) is 0 Å². The molecule has 2 rings (SSSR count). The van der Waals surface area contributed by atoms with Crippen LogP contribution in [0.2, 0.25) is 0 Å². The molecule has 0 saturated heterocycles. The third-order valence-corrected chi connectivity index (χ3v) is 3.98. The lowest BCUT2D eigenvalue weighted by Gasteiger charge is -2.32. The summed E-state index contributed by atoms with van der Waals surface area (Å²) in [7, 11) is 4.13. The molecule has 0 saturated carbocycles. The lowest BCUT2D eigenvalue weighted by atomic mass is 10.1. The van der Waals surface area contributed by atoms with Crippen molar-refractivity contribution in [1.82, 2.24) is 0 Å². The van der Waals surface area contributed by atoms with Crippen molar-refractivity contribution in [3.8, 4) is 0 Å². The first kappa shape index (κ1) is 14.2. The van der Waals surface area contributed by atoms with E-state index >= 15 is 0 Å². The van der Waals surface area contributed by atoms with Gasteiger partial charge in [-0.15, -0.1) is 0 Å². The van der Waals surface area contributed by atoms with Crippen LogP contribution in [0.1, 0.15) is 25.0 Å². The fraction of sp³-hybridized carbons (Fsp3) is 0.375. The van der Waals surface area contributed by atoms with E-state index in [1.165, 1.54) is 5.56 Å². The number of allylic oxidation sites excluding steroid dienone is 1. The van der Waals surface area contributed by atoms with E-state index in [2.05, 4.69) is 39.4 Å². The third kappa shape index (κ3) is 3.40. The van der Waals surface area contributed by atoms with E-state index in [0.29, 0.717) is 4.48 Å². The summed E-state index contributed by atoms with van der Waals surface area (Å²) < 4.78 is 6.71. The maximum Gasteiger partial charge on any atom is 0.188 e. The monoisotopic (exact) mass is 278 g/mol. The molecule has 0 bridgehead atoms. The smallest absolute Gasteiger partial charge is 0.188 e. The molecule has 0 amide bonds. The van der Waals surface area contributed by atoms with Crippen LogP contribution in [-0.2, 0) is 4.74 Å². The Morgan fingerprint density at radius 1 is 1.26 bits per heavy atom. The summed E-state index contributed by atoms with van der Waals surface area (Å²) >= 11 is 6.25. The lowest BCUT2D eigenvalue weighted by molar-refractivity contribution is -0.846. The molecule has 3 heteroatoms. The van der Waals surface area contributed by atoms with E-state index in [-0.39, 0.29) is 11.6 Å². The number of rotatable bonds is 4. The summed E-state index contributed by atoms with van der Waals surface area (Å²) in [6, 6.07) is 10.3. The topological polar surface area (TPSA) is 9.23 Å². The Labute approximate surface area is 120 Å². The number of halogens is 1. The molecule has 1 heterocycles. The second-order valence-corrected chi connectivity index (χ2v) is 5.76. The Morgan fingerprint density at radius 2 is 1.95 bits per heavy atom. The molecular weight excluding hydrogens is 258 g/mol. The molecule has 1 aliphatic heterocycles. The fourth-order valence-corrected chi connectivity index (χ4v) is 2.26. The van der Waals surface area contributed by atoms with Gasteiger partial charge < -0.3 is 4.74 Å². The number of nitrogens with zero attached hydrogens (tertiary/aromatic N) is 1. The minimum absolute atomic E-state index is 0.0378. The highest BCUT2D eigenvalue weighted by molar-refractivity contribution is 6.20. The van der Waals surface area contributed by atoms with Crippen LogP contribution in [0.15, 0.2) is 54.4 Å². The van der Waals surface area contributed by atoms with Gasteiger partial charge in [-0.2, -0.15) is 0 Å². The van der Waals surface area contributed by atoms with Crippen LogP contribution in [0.4, 0.5) is 0 Å². The summed E-state index contributed by atoms with van der Waals surface area (Å²) in [5, 5.41) is 0. The molecule has 102 valence electrons. The van der Waals surface area contributed by atoms with Gasteiger partial charge in [0.15, 0.2) is 11.3 Å². The molecule has 0 N–H and O–H groups in total. The SMILES string of the molecule is CCC(OC1=C[N+](C)(C)C(Cl)C=C1)c1ccccc1. The first-order chi connectivity index (χ1) is 9.03. The molecule has 2 atom stereocenters. The van der Waals surface area contributed by atoms with E-state index in [4.69, 9.17) is 16.3 Å². The summed E-state index contributed by atoms with van der Waals surface area (Å²) in [5.41, 5.74) is 1.17. The zero-order valence-electron chi connectivity index (χ0n) is 11.7. The zero-order chi connectivity index (χ0) is 13.9. The van der Waals surface area contributed by atoms with Crippen LogP contribution < -0.4 is 0 Å². The molecule has 2 nitrogen and oxygen atoms in total. The Kier molecular flexibility index (Phi) is 4.33. The molecule has 1 aliphatic rings. The highest BCUT2D eigenvalue weighted by Crippen LogP contribution is 2.28. The predicted molar refractivity (Wildman–Crippen MR) is 79.5 cm³/mol. The third-order valence-electron chi connectivity index (χ3n) is 3.34. The largest absolute Gasteiger partial charge is 0.480 e. The normalized spacial score (nSPS) is 22.7. The Bertz CT molecular complexity index is 479. The van der Waals surface area contributed by atoms with Crippen molar-refractivity contribution in [3.05, 3.63) is 60.0 Å². The molecule has 0 fully saturated rings. The Morgan fingerprint density at radius 3 is 2.53 bits per heavy atom. The van der Waals surface area contributed by atoms with Crippen LogP contribution in [0.25, 0.3) is 0 Å². The summed E-state index contributed by atoms with van der Waals surface area (Å²) in [4.78, 5) is 0. The second-order valence-electron chi connectivity index (χ2n) is 5.32. The highest BCUT2D eigenvalue weighted by atomic mass is 35.5. The number of ether oxygens (including phenoxy) is 1. The predicted octanol–water partition coefficient (Wildman–Crippen LogP) is 4.21. The quantitative estimate of drug-likeness (QED) is 0.455. The van der Waals surface area contributed by atoms with Crippen molar-refractivity contribution in [2.24, 2.45) is 0 Å². The van der Waals surface area contributed by atoms with Gasteiger partial charge in [-0.3, -0.25) is 4.48 Å². The van der Waals surface area contributed by atoms with Crippen LogP contribution >= 0.6 is 11.6 Å². The number of quaternary nitrogens is 1. The summed E-state index contributed by atoms with van der Waals surface area (Å²) in [6.07, 6.45) is 7.03. The highest BCUT2D eigenvalue weighted by Gasteiger charge is 2.27. The van der Waals surface area contributed by atoms with Crippen molar-refractivity contribution >= 4 is 11.6 Å². The summed E-state index contributed by atoms with van der Waals surface area (Å²) in [6.45, 7) is 2.13. The number of alkyl halides is 1. The van der Waals surface area contributed by atoms with Gasteiger partial charge in [-0.05, 0) is 24.1 Å². The maximum absolute atomic E-state index is 6.25. The minimum Gasteiger partial charge on any atom is -0.480 e. The van der Waals surface area contributed by atoms with Crippen LogP contribution in [0.5, 0.6) is 0 Å². The molecule has 0 radical (unpaired) electrons. The maximum atomic E-state index is 6.25. The van der Waals surface area contributed by atoms with E-state index in [9.17, 15) is 0 Å². The van der Waals surface area contributed by atoms with Gasteiger partial charge in [0.1, 0.15) is 12.3 Å². The number of likely N-dealkylation sites (N-methyl/N-ethyl adjacent to an activating group) is 1. The van der Waals surface area contributed by atoms with Gasteiger partial charge in [0.2, 0.25) is 0 Å². The molecule has 0 aliphatic carbocycles. The van der Waals surface area contributed by atoms with Gasteiger partial charge in [0.25, 0.3) is 0 Å². The van der Waals surface area contributed by atoms with Crippen molar-refractivity contribution in [2.45, 2.75) is 24.9 Å². The molecular formula is C16H21ClNO+. The number of benzene rings is 1. The molecule has 0 aromatic heterocycles. The second kappa shape index (κ2) is 5.81. The Balaban J connectivity index is 2.14. The minimum atomic E-state index is -0.0378. The average molecular weight is 279 g/mol. The van der Waals surface area contributed by atoms with Gasteiger partial charge in [-0.1, -0.05) is 48.9 Å². The van der Waals surface area contributed by atoms with Crippen molar-refractivity contribution in [1.29, 1.82) is 0 Å². The van der Waals surface area contributed by atoms with E-state index in [1.54, 1.807) is 0 Å². The number of hydrogen-bond donors (Lipinski definition) is 0. The molecule has 19 heavy (non-hydrogen) atoms. The van der Waals surface area contributed by atoms with Crippen molar-refractivity contribution in [3.63, 3.8) is 0 Å². The first-order valence-electron chi connectivity index (χ1n) is 6.63.